The van der Waals surface area contributed by atoms with Gasteiger partial charge in [-0.15, -0.1) is 12.4 Å². The Balaban J connectivity index is 0.00000256. The lowest BCUT2D eigenvalue weighted by Gasteiger charge is -2.12. The Hall–Kier alpha value is -0.920. The molecule has 0 unspecified atom stereocenters. The molecule has 4 nitrogen and oxygen atoms in total. The highest BCUT2D eigenvalue weighted by molar-refractivity contribution is 9.10. The maximum atomic E-state index is 13.1. The Kier molecular flexibility index (Phi) is 5.80. The zero-order chi connectivity index (χ0) is 12.5. The molecular formula is C9H9BrClF2NO3. The molecule has 0 spiro atoms. The first-order chi connectivity index (χ1) is 7.40. The molecule has 0 radical (unpaired) electrons. The summed E-state index contributed by atoms with van der Waals surface area (Å²) < 4.78 is 30.2. The summed E-state index contributed by atoms with van der Waals surface area (Å²) in [7, 11) is 1.09. The number of phenolic OH excluding ortho intramolecular Hbond substituents is 1. The van der Waals surface area contributed by atoms with Crippen LogP contribution in [0, 0.1) is 11.6 Å². The number of phenols is 1. The predicted octanol–water partition coefficient (Wildman–Crippen LogP) is 2.03. The fourth-order valence-electron chi connectivity index (χ4n) is 1.09. The van der Waals surface area contributed by atoms with Crippen LogP contribution >= 0.6 is 28.3 Å². The van der Waals surface area contributed by atoms with Gasteiger partial charge in [-0.25, -0.2) is 4.39 Å². The Bertz CT molecular complexity index is 445. The number of ether oxygens (including phenoxy) is 1. The van der Waals surface area contributed by atoms with Crippen molar-refractivity contribution in [3.05, 3.63) is 27.7 Å². The molecule has 0 bridgehead atoms. The number of nitrogens with two attached hydrogens (primary N) is 1. The van der Waals surface area contributed by atoms with Crippen molar-refractivity contribution in [3.63, 3.8) is 0 Å². The lowest BCUT2D eigenvalue weighted by molar-refractivity contribution is -0.142. The predicted molar refractivity (Wildman–Crippen MR) is 61.9 cm³/mol. The number of rotatable bonds is 2. The van der Waals surface area contributed by atoms with E-state index in [0.29, 0.717) is 0 Å². The van der Waals surface area contributed by atoms with Gasteiger partial charge in [0.15, 0.2) is 11.6 Å². The summed E-state index contributed by atoms with van der Waals surface area (Å²) in [5.41, 5.74) is 5.14. The Morgan fingerprint density at radius 2 is 2.06 bits per heavy atom. The van der Waals surface area contributed by atoms with E-state index in [4.69, 9.17) is 5.73 Å². The van der Waals surface area contributed by atoms with E-state index in [1.165, 1.54) is 0 Å². The third-order valence-electron chi connectivity index (χ3n) is 1.96. The zero-order valence-corrected chi connectivity index (χ0v) is 10.9. The third kappa shape index (κ3) is 3.05. The number of methoxy groups -OCH3 is 1. The van der Waals surface area contributed by atoms with Gasteiger partial charge in [0, 0.05) is 5.56 Å². The van der Waals surface area contributed by atoms with Crippen molar-refractivity contribution < 1.29 is 23.4 Å². The van der Waals surface area contributed by atoms with E-state index in [1.807, 2.05) is 0 Å². The van der Waals surface area contributed by atoms with Gasteiger partial charge >= 0.3 is 5.97 Å². The van der Waals surface area contributed by atoms with Crippen LogP contribution in [0.5, 0.6) is 5.75 Å². The van der Waals surface area contributed by atoms with Gasteiger partial charge in [0.1, 0.15) is 6.04 Å². The van der Waals surface area contributed by atoms with E-state index >= 15 is 0 Å². The Morgan fingerprint density at radius 3 is 2.53 bits per heavy atom. The molecule has 1 aromatic carbocycles. The van der Waals surface area contributed by atoms with Crippen molar-refractivity contribution in [1.29, 1.82) is 0 Å². The van der Waals surface area contributed by atoms with Gasteiger partial charge in [-0.05, 0) is 22.0 Å². The lowest BCUT2D eigenvalue weighted by Crippen LogP contribution is -2.23. The number of carbonyl (C=O) groups excluding carboxylic acids is 1. The van der Waals surface area contributed by atoms with Crippen molar-refractivity contribution in [2.24, 2.45) is 5.73 Å². The number of hydrogen-bond donors (Lipinski definition) is 2. The smallest absolute Gasteiger partial charge is 0.327 e. The topological polar surface area (TPSA) is 72.5 Å². The summed E-state index contributed by atoms with van der Waals surface area (Å²) in [6.07, 6.45) is 0. The summed E-state index contributed by atoms with van der Waals surface area (Å²) in [6, 6.07) is -0.355. The second-order valence-corrected chi connectivity index (χ2v) is 3.78. The molecule has 1 aromatic rings. The minimum absolute atomic E-state index is 0. The molecule has 96 valence electrons. The van der Waals surface area contributed by atoms with E-state index in [9.17, 15) is 18.7 Å². The van der Waals surface area contributed by atoms with Crippen molar-refractivity contribution in [2.75, 3.05) is 7.11 Å². The second-order valence-electron chi connectivity index (χ2n) is 2.93. The summed E-state index contributed by atoms with van der Waals surface area (Å²) in [5, 5.41) is 9.29. The highest BCUT2D eigenvalue weighted by Gasteiger charge is 2.25. The van der Waals surface area contributed by atoms with Crippen molar-refractivity contribution >= 4 is 34.3 Å². The summed E-state index contributed by atoms with van der Waals surface area (Å²) in [5.74, 6) is -4.59. The summed E-state index contributed by atoms with van der Waals surface area (Å²) in [6.45, 7) is 0. The number of halogens is 4. The first-order valence-electron chi connectivity index (χ1n) is 4.10. The van der Waals surface area contributed by atoms with Gasteiger partial charge < -0.3 is 15.6 Å². The number of aromatic hydroxyl groups is 1. The van der Waals surface area contributed by atoms with Gasteiger partial charge in [-0.1, -0.05) is 0 Å². The van der Waals surface area contributed by atoms with Crippen LogP contribution in [0.2, 0.25) is 0 Å². The van der Waals surface area contributed by atoms with E-state index in [-0.39, 0.29) is 22.4 Å². The normalized spacial score (nSPS) is 11.6. The quantitative estimate of drug-likeness (QED) is 0.642. The molecule has 0 aliphatic carbocycles. The highest BCUT2D eigenvalue weighted by atomic mass is 79.9. The number of esters is 1. The molecule has 0 saturated carbocycles. The SMILES string of the molecule is COC(=O)[C@H](N)c1cc(Br)c(F)c(F)c1O.Cl. The van der Waals surface area contributed by atoms with E-state index in [2.05, 4.69) is 20.7 Å². The van der Waals surface area contributed by atoms with Crippen LogP contribution in [-0.4, -0.2) is 18.2 Å². The van der Waals surface area contributed by atoms with Gasteiger partial charge in [-0.3, -0.25) is 4.79 Å². The average molecular weight is 333 g/mol. The summed E-state index contributed by atoms with van der Waals surface area (Å²) in [4.78, 5) is 11.1. The van der Waals surface area contributed by atoms with Gasteiger partial charge in [0.2, 0.25) is 5.82 Å². The monoisotopic (exact) mass is 331 g/mol. The maximum Gasteiger partial charge on any atom is 0.327 e. The fourth-order valence-corrected chi connectivity index (χ4v) is 1.52. The maximum absolute atomic E-state index is 13.1. The van der Waals surface area contributed by atoms with Crippen LogP contribution in [0.4, 0.5) is 8.78 Å². The Morgan fingerprint density at radius 1 is 1.53 bits per heavy atom. The zero-order valence-electron chi connectivity index (χ0n) is 8.54. The molecule has 0 heterocycles. The van der Waals surface area contributed by atoms with Crippen LogP contribution in [0.25, 0.3) is 0 Å². The van der Waals surface area contributed by atoms with Crippen molar-refractivity contribution in [1.82, 2.24) is 0 Å². The number of benzene rings is 1. The average Bonchev–Trinajstić information content (AvgIpc) is 2.29. The van der Waals surface area contributed by atoms with Crippen molar-refractivity contribution in [3.8, 4) is 5.75 Å². The van der Waals surface area contributed by atoms with Gasteiger partial charge in [0.25, 0.3) is 0 Å². The summed E-state index contributed by atoms with van der Waals surface area (Å²) >= 11 is 2.74. The third-order valence-corrected chi connectivity index (χ3v) is 2.53. The second kappa shape index (κ2) is 6.13. The standard InChI is InChI=1S/C9H8BrF2NO3.ClH/c1-16-9(15)7(13)3-2-4(10)5(11)6(12)8(3)14;/h2,7,14H,13H2,1H3;1H/t7-;/m1./s1. The number of hydrogen-bond acceptors (Lipinski definition) is 4. The van der Waals surface area contributed by atoms with Crippen LogP contribution < -0.4 is 5.73 Å². The molecule has 0 aliphatic heterocycles. The lowest BCUT2D eigenvalue weighted by atomic mass is 10.1. The first kappa shape index (κ1) is 16.1. The molecule has 0 fully saturated rings. The highest BCUT2D eigenvalue weighted by Crippen LogP contribution is 2.32. The molecule has 1 rings (SSSR count). The molecule has 17 heavy (non-hydrogen) atoms. The largest absolute Gasteiger partial charge is 0.504 e. The first-order valence-corrected chi connectivity index (χ1v) is 4.89. The minimum atomic E-state index is -1.47. The molecule has 0 amide bonds. The molecule has 3 N–H and O–H groups in total. The van der Waals surface area contributed by atoms with Gasteiger partial charge in [-0.2, -0.15) is 4.39 Å². The molecule has 0 saturated heterocycles. The molecule has 1 atom stereocenters. The van der Waals surface area contributed by atoms with E-state index in [0.717, 1.165) is 13.2 Å². The molecule has 0 aliphatic rings. The van der Waals surface area contributed by atoms with Crippen LogP contribution in [0.15, 0.2) is 10.5 Å². The Labute approximate surface area is 110 Å². The number of carbonyl (C=O) groups is 1. The minimum Gasteiger partial charge on any atom is -0.504 e. The molecule has 8 heteroatoms. The van der Waals surface area contributed by atoms with E-state index in [1.54, 1.807) is 0 Å². The molecule has 0 aromatic heterocycles. The fraction of sp³-hybridized carbons (Fsp3) is 0.222. The van der Waals surface area contributed by atoms with Crippen LogP contribution in [0.1, 0.15) is 11.6 Å². The molecular weight excluding hydrogens is 323 g/mol. The van der Waals surface area contributed by atoms with E-state index < -0.39 is 29.4 Å². The van der Waals surface area contributed by atoms with Gasteiger partial charge in [0.05, 0.1) is 11.6 Å². The van der Waals surface area contributed by atoms with Crippen LogP contribution in [0.3, 0.4) is 0 Å². The van der Waals surface area contributed by atoms with Crippen molar-refractivity contribution in [2.45, 2.75) is 6.04 Å². The van der Waals surface area contributed by atoms with Crippen LogP contribution in [-0.2, 0) is 9.53 Å².